The molecule has 0 aromatic carbocycles. The monoisotopic (exact) mass is 267 g/mol. The van der Waals surface area contributed by atoms with Crippen LogP contribution in [-0.4, -0.2) is 21.7 Å². The summed E-state index contributed by atoms with van der Waals surface area (Å²) in [6.45, 7) is 8.55. The third-order valence-electron chi connectivity index (χ3n) is 1.91. The molecule has 1 heterocycles. The number of ether oxygens (including phenoxy) is 1. The molecular formula is C13H14ClNO3. The Morgan fingerprint density at radius 3 is 2.61 bits per heavy atom. The van der Waals surface area contributed by atoms with E-state index in [0.717, 1.165) is 0 Å². The second kappa shape index (κ2) is 5.25. The summed E-state index contributed by atoms with van der Waals surface area (Å²) < 4.78 is 5.22. The van der Waals surface area contributed by atoms with E-state index in [1.54, 1.807) is 20.8 Å². The Kier molecular flexibility index (Phi) is 4.17. The molecule has 1 aromatic heterocycles. The molecular weight excluding hydrogens is 254 g/mol. The summed E-state index contributed by atoms with van der Waals surface area (Å²) >= 11 is 5.73. The molecule has 0 unspecified atom stereocenters. The van der Waals surface area contributed by atoms with Gasteiger partial charge in [0.25, 0.3) is 0 Å². The molecule has 0 fully saturated rings. The van der Waals surface area contributed by atoms with E-state index in [2.05, 4.69) is 17.3 Å². The van der Waals surface area contributed by atoms with E-state index in [0.29, 0.717) is 0 Å². The van der Waals surface area contributed by atoms with E-state index in [1.165, 1.54) is 12.3 Å². The molecule has 0 atom stereocenters. The molecule has 0 amide bonds. The van der Waals surface area contributed by atoms with Crippen LogP contribution in [-0.2, 0) is 4.74 Å². The number of aliphatic hydroxyl groups is 1. The van der Waals surface area contributed by atoms with E-state index < -0.39 is 11.6 Å². The van der Waals surface area contributed by atoms with Crippen molar-refractivity contribution in [2.24, 2.45) is 0 Å². The summed E-state index contributed by atoms with van der Waals surface area (Å²) in [4.78, 5) is 15.8. The first-order chi connectivity index (χ1) is 8.24. The van der Waals surface area contributed by atoms with Crippen molar-refractivity contribution in [3.05, 3.63) is 40.9 Å². The summed E-state index contributed by atoms with van der Waals surface area (Å²) in [6, 6.07) is 1.33. The van der Waals surface area contributed by atoms with Gasteiger partial charge in [0.2, 0.25) is 0 Å². The number of nitrogens with zero attached hydrogens (tertiary/aromatic N) is 1. The quantitative estimate of drug-likeness (QED) is 0.386. The maximum atomic E-state index is 12.0. The lowest BCUT2D eigenvalue weighted by Gasteiger charge is -2.20. The van der Waals surface area contributed by atoms with Crippen molar-refractivity contribution in [2.45, 2.75) is 26.4 Å². The molecule has 1 aromatic rings. The van der Waals surface area contributed by atoms with Gasteiger partial charge in [-0.05, 0) is 26.8 Å². The van der Waals surface area contributed by atoms with Gasteiger partial charge in [0.05, 0.1) is 11.1 Å². The van der Waals surface area contributed by atoms with Crippen molar-refractivity contribution < 1.29 is 14.6 Å². The van der Waals surface area contributed by atoms with Crippen LogP contribution in [0.25, 0.3) is 5.76 Å². The van der Waals surface area contributed by atoms with Gasteiger partial charge in [-0.25, -0.2) is 9.78 Å². The van der Waals surface area contributed by atoms with Gasteiger partial charge in [0, 0.05) is 6.20 Å². The minimum absolute atomic E-state index is 0.124. The lowest BCUT2D eigenvalue weighted by molar-refractivity contribution is 0.00686. The van der Waals surface area contributed by atoms with Crippen molar-refractivity contribution in [2.75, 3.05) is 0 Å². The lowest BCUT2D eigenvalue weighted by Crippen LogP contribution is -2.24. The normalized spacial score (nSPS) is 10.7. The number of rotatable bonds is 2. The van der Waals surface area contributed by atoms with Crippen LogP contribution in [0.15, 0.2) is 24.6 Å². The summed E-state index contributed by atoms with van der Waals surface area (Å²) in [5.41, 5.74) is 1.96. The van der Waals surface area contributed by atoms with Gasteiger partial charge in [0.15, 0.2) is 5.76 Å². The van der Waals surface area contributed by atoms with Crippen LogP contribution in [0.4, 0.5) is 0 Å². The maximum Gasteiger partial charge on any atom is 0.339 e. The van der Waals surface area contributed by atoms with Crippen molar-refractivity contribution in [3.63, 3.8) is 0 Å². The second-order valence-corrected chi connectivity index (χ2v) is 4.97. The number of aliphatic hydroxyl groups excluding tert-OH is 1. The molecule has 4 nitrogen and oxygen atoms in total. The Bertz CT molecular complexity index is 526. The molecule has 18 heavy (non-hydrogen) atoms. The highest BCUT2D eigenvalue weighted by atomic mass is 35.5. The number of pyridine rings is 1. The molecule has 0 spiro atoms. The van der Waals surface area contributed by atoms with E-state index >= 15 is 0 Å². The molecule has 0 bridgehead atoms. The molecule has 0 saturated carbocycles. The third kappa shape index (κ3) is 3.62. The van der Waals surface area contributed by atoms with E-state index in [4.69, 9.17) is 16.3 Å². The molecule has 0 aliphatic heterocycles. The van der Waals surface area contributed by atoms with E-state index in [9.17, 15) is 9.90 Å². The van der Waals surface area contributed by atoms with Crippen molar-refractivity contribution in [1.82, 2.24) is 4.98 Å². The molecule has 0 saturated heterocycles. The fourth-order valence-corrected chi connectivity index (χ4v) is 1.37. The van der Waals surface area contributed by atoms with Crippen LogP contribution in [0.2, 0.25) is 5.15 Å². The number of carbonyl (C=O) groups is 1. The zero-order valence-corrected chi connectivity index (χ0v) is 11.2. The van der Waals surface area contributed by atoms with Gasteiger partial charge in [-0.15, -0.1) is 0 Å². The molecule has 0 aliphatic rings. The number of hydrogen-bond acceptors (Lipinski definition) is 4. The predicted octanol–water partition coefficient (Wildman–Crippen LogP) is 3.37. The topological polar surface area (TPSA) is 59.4 Å². The average Bonchev–Trinajstić information content (AvgIpc) is 2.25. The zero-order valence-electron chi connectivity index (χ0n) is 10.5. The SMILES string of the molecule is C=C=C(O)c1cnc(Cl)cc1C(=O)OC(C)(C)C. The molecule has 1 N–H and O–H groups in total. The molecule has 5 heteroatoms. The second-order valence-electron chi connectivity index (χ2n) is 4.58. The standard InChI is InChI=1S/C13H14ClNO3/c1-5-10(16)9-7-15-11(14)6-8(9)12(17)18-13(2,3)4/h6-7,16H,1H2,2-4H3. The Morgan fingerprint density at radius 1 is 1.50 bits per heavy atom. The number of hydrogen-bond donors (Lipinski definition) is 1. The molecule has 96 valence electrons. The maximum absolute atomic E-state index is 12.0. The van der Waals surface area contributed by atoms with E-state index in [-0.39, 0.29) is 22.0 Å². The fourth-order valence-electron chi connectivity index (χ4n) is 1.22. The predicted molar refractivity (Wildman–Crippen MR) is 69.6 cm³/mol. The first-order valence-corrected chi connectivity index (χ1v) is 5.60. The average molecular weight is 268 g/mol. The minimum Gasteiger partial charge on any atom is -0.501 e. The highest BCUT2D eigenvalue weighted by Crippen LogP contribution is 2.21. The van der Waals surface area contributed by atoms with Crippen LogP contribution >= 0.6 is 11.6 Å². The van der Waals surface area contributed by atoms with Crippen molar-refractivity contribution >= 4 is 23.3 Å². The third-order valence-corrected chi connectivity index (χ3v) is 2.12. The minimum atomic E-state index is -0.641. The van der Waals surface area contributed by atoms with Gasteiger partial charge < -0.3 is 9.84 Å². The van der Waals surface area contributed by atoms with Crippen LogP contribution in [0.5, 0.6) is 0 Å². The van der Waals surface area contributed by atoms with Crippen LogP contribution in [0, 0.1) is 0 Å². The summed E-state index contributed by atoms with van der Waals surface area (Å²) in [6.07, 6.45) is 1.27. The summed E-state index contributed by atoms with van der Waals surface area (Å²) in [5.74, 6) is -0.872. The van der Waals surface area contributed by atoms with Crippen molar-refractivity contribution in [1.29, 1.82) is 0 Å². The van der Waals surface area contributed by atoms with Crippen LogP contribution < -0.4 is 0 Å². The first-order valence-electron chi connectivity index (χ1n) is 5.23. The van der Waals surface area contributed by atoms with Crippen molar-refractivity contribution in [3.8, 4) is 0 Å². The molecule has 0 aliphatic carbocycles. The highest BCUT2D eigenvalue weighted by Gasteiger charge is 2.22. The lowest BCUT2D eigenvalue weighted by atomic mass is 10.1. The zero-order chi connectivity index (χ0) is 13.9. The largest absolute Gasteiger partial charge is 0.501 e. The fraction of sp³-hybridized carbons (Fsp3) is 0.308. The number of esters is 1. The number of carbonyl (C=O) groups excluding carboxylic acids is 1. The molecule has 0 radical (unpaired) electrons. The van der Waals surface area contributed by atoms with Crippen LogP contribution in [0.3, 0.4) is 0 Å². The summed E-state index contributed by atoms with van der Waals surface area (Å²) in [5, 5.41) is 9.74. The van der Waals surface area contributed by atoms with Gasteiger partial charge in [0.1, 0.15) is 10.8 Å². The summed E-state index contributed by atoms with van der Waals surface area (Å²) in [7, 11) is 0. The van der Waals surface area contributed by atoms with Gasteiger partial charge in [-0.2, -0.15) is 0 Å². The first kappa shape index (κ1) is 14.3. The van der Waals surface area contributed by atoms with Gasteiger partial charge in [-0.3, -0.25) is 0 Å². The van der Waals surface area contributed by atoms with E-state index in [1.807, 2.05) is 0 Å². The Balaban J connectivity index is 3.26. The smallest absolute Gasteiger partial charge is 0.339 e. The highest BCUT2D eigenvalue weighted by molar-refractivity contribution is 6.29. The number of halogens is 1. The van der Waals surface area contributed by atoms with Gasteiger partial charge in [-0.1, -0.05) is 23.9 Å². The Labute approximate surface area is 111 Å². The Hall–Kier alpha value is -1.77. The Morgan fingerprint density at radius 2 is 2.11 bits per heavy atom. The number of aromatic nitrogens is 1. The molecule has 1 rings (SSSR count). The van der Waals surface area contributed by atoms with Crippen LogP contribution in [0.1, 0.15) is 36.7 Å². The van der Waals surface area contributed by atoms with Gasteiger partial charge >= 0.3 is 5.97 Å².